The zero-order valence-electron chi connectivity index (χ0n) is 12.4. The lowest BCUT2D eigenvalue weighted by atomic mass is 10.1. The average Bonchev–Trinajstić information content (AvgIpc) is 2.38. The molecular weight excluding hydrogens is 242 g/mol. The summed E-state index contributed by atoms with van der Waals surface area (Å²) >= 11 is 0. The largest absolute Gasteiger partial charge is 0.493 e. The minimum atomic E-state index is -0.204. The molecule has 0 saturated heterocycles. The van der Waals surface area contributed by atoms with E-state index in [0.29, 0.717) is 12.3 Å². The Labute approximate surface area is 115 Å². The van der Waals surface area contributed by atoms with Crippen molar-refractivity contribution >= 4 is 5.71 Å². The topological polar surface area (TPSA) is 51.0 Å². The Kier molecular flexibility index (Phi) is 5.36. The summed E-state index contributed by atoms with van der Waals surface area (Å²) in [5.41, 5.74) is 2.25. The summed E-state index contributed by atoms with van der Waals surface area (Å²) in [5, 5.41) is 12.1. The van der Waals surface area contributed by atoms with Crippen LogP contribution in [-0.4, -0.2) is 30.2 Å². The van der Waals surface area contributed by atoms with Crippen LogP contribution in [0.1, 0.15) is 38.3 Å². The van der Waals surface area contributed by atoms with Gasteiger partial charge in [-0.3, -0.25) is 0 Å². The van der Waals surface area contributed by atoms with E-state index in [4.69, 9.17) is 14.7 Å². The van der Waals surface area contributed by atoms with Crippen molar-refractivity contribution in [2.24, 2.45) is 5.16 Å². The summed E-state index contributed by atoms with van der Waals surface area (Å²) in [6, 6.07) is 5.82. The van der Waals surface area contributed by atoms with Gasteiger partial charge in [-0.1, -0.05) is 11.2 Å². The van der Waals surface area contributed by atoms with E-state index in [2.05, 4.69) is 5.16 Å². The first-order valence-corrected chi connectivity index (χ1v) is 6.37. The molecular formula is C15H23NO3. The molecule has 0 saturated carbocycles. The van der Waals surface area contributed by atoms with Crippen LogP contribution in [0.25, 0.3) is 0 Å². The highest BCUT2D eigenvalue weighted by atomic mass is 16.5. The molecule has 19 heavy (non-hydrogen) atoms. The van der Waals surface area contributed by atoms with E-state index in [9.17, 15) is 0 Å². The van der Waals surface area contributed by atoms with Gasteiger partial charge in [-0.2, -0.15) is 0 Å². The van der Waals surface area contributed by atoms with Crippen LogP contribution in [0.15, 0.2) is 23.4 Å². The Morgan fingerprint density at radius 1 is 1.37 bits per heavy atom. The number of rotatable bonds is 6. The molecule has 0 aliphatic rings. The molecule has 0 fully saturated rings. The zero-order valence-corrected chi connectivity index (χ0v) is 12.4. The van der Waals surface area contributed by atoms with Gasteiger partial charge in [0.25, 0.3) is 0 Å². The third-order valence-electron chi connectivity index (χ3n) is 3.19. The number of hydrogen-bond donors (Lipinski definition) is 1. The van der Waals surface area contributed by atoms with E-state index >= 15 is 0 Å². The molecule has 0 aliphatic carbocycles. The van der Waals surface area contributed by atoms with Crippen LogP contribution >= 0.6 is 0 Å². The van der Waals surface area contributed by atoms with Crippen LogP contribution in [-0.2, 0) is 4.74 Å². The molecule has 0 aliphatic heterocycles. The summed E-state index contributed by atoms with van der Waals surface area (Å²) in [7, 11) is 1.70. The van der Waals surface area contributed by atoms with E-state index in [1.165, 1.54) is 0 Å². The minimum Gasteiger partial charge on any atom is -0.493 e. The summed E-state index contributed by atoms with van der Waals surface area (Å²) in [6.45, 7) is 8.34. The number of aryl methyl sites for hydroxylation is 1. The first-order chi connectivity index (χ1) is 8.89. The summed E-state index contributed by atoms with van der Waals surface area (Å²) in [5.74, 6) is 0.738. The summed E-state index contributed by atoms with van der Waals surface area (Å²) in [6.07, 6.45) is 0.784. The molecule has 4 nitrogen and oxygen atoms in total. The Morgan fingerprint density at radius 2 is 2.05 bits per heavy atom. The van der Waals surface area contributed by atoms with Gasteiger partial charge < -0.3 is 14.7 Å². The molecule has 0 amide bonds. The minimum absolute atomic E-state index is 0.204. The van der Waals surface area contributed by atoms with Crippen molar-refractivity contribution in [3.63, 3.8) is 0 Å². The molecule has 0 atom stereocenters. The van der Waals surface area contributed by atoms with Crippen molar-refractivity contribution in [1.82, 2.24) is 0 Å². The van der Waals surface area contributed by atoms with Gasteiger partial charge in [-0.25, -0.2) is 0 Å². The SMILES string of the molecule is COC(C)(C)CCOc1cc(C)ccc1/C(C)=N/O. The third-order valence-corrected chi connectivity index (χ3v) is 3.19. The predicted octanol–water partition coefficient (Wildman–Crippen LogP) is 3.39. The lowest BCUT2D eigenvalue weighted by molar-refractivity contribution is 0.00544. The Morgan fingerprint density at radius 3 is 2.63 bits per heavy atom. The van der Waals surface area contributed by atoms with Crippen LogP contribution < -0.4 is 4.74 Å². The van der Waals surface area contributed by atoms with E-state index in [0.717, 1.165) is 23.3 Å². The standard InChI is InChI=1S/C15H23NO3/c1-11-6-7-13(12(2)16-17)14(10-11)19-9-8-15(3,4)18-5/h6-7,10,17H,8-9H2,1-5H3/b16-12+. The van der Waals surface area contributed by atoms with Crippen LogP contribution in [0.3, 0.4) is 0 Å². The molecule has 0 bridgehead atoms. The Hall–Kier alpha value is -1.55. The van der Waals surface area contributed by atoms with Gasteiger partial charge in [0.2, 0.25) is 0 Å². The fourth-order valence-corrected chi connectivity index (χ4v) is 1.61. The second kappa shape index (κ2) is 6.57. The van der Waals surface area contributed by atoms with E-state index in [-0.39, 0.29) is 5.60 Å². The van der Waals surface area contributed by atoms with E-state index in [1.807, 2.05) is 39.0 Å². The number of nitrogens with zero attached hydrogens (tertiary/aromatic N) is 1. The van der Waals surface area contributed by atoms with Crippen molar-refractivity contribution in [3.05, 3.63) is 29.3 Å². The van der Waals surface area contributed by atoms with Gasteiger partial charge in [0.15, 0.2) is 0 Å². The van der Waals surface area contributed by atoms with Gasteiger partial charge >= 0.3 is 0 Å². The van der Waals surface area contributed by atoms with E-state index < -0.39 is 0 Å². The molecule has 1 N–H and O–H groups in total. The number of oxime groups is 1. The summed E-state index contributed by atoms with van der Waals surface area (Å²) < 4.78 is 11.2. The molecule has 0 heterocycles. The fourth-order valence-electron chi connectivity index (χ4n) is 1.61. The molecule has 4 heteroatoms. The average molecular weight is 265 g/mol. The van der Waals surface area contributed by atoms with Gasteiger partial charge in [0.1, 0.15) is 5.75 Å². The van der Waals surface area contributed by atoms with Crippen molar-refractivity contribution in [1.29, 1.82) is 0 Å². The van der Waals surface area contributed by atoms with Gasteiger partial charge in [-0.15, -0.1) is 0 Å². The predicted molar refractivity (Wildman–Crippen MR) is 76.4 cm³/mol. The number of hydrogen-bond acceptors (Lipinski definition) is 4. The summed E-state index contributed by atoms with van der Waals surface area (Å²) in [4.78, 5) is 0. The number of ether oxygens (including phenoxy) is 2. The van der Waals surface area contributed by atoms with Crippen LogP contribution in [0, 0.1) is 6.92 Å². The Bertz CT molecular complexity index is 453. The highest BCUT2D eigenvalue weighted by molar-refractivity contribution is 6.00. The quantitative estimate of drug-likeness (QED) is 0.487. The maximum absolute atomic E-state index is 8.89. The number of benzene rings is 1. The molecule has 1 aromatic rings. The van der Waals surface area contributed by atoms with Crippen molar-refractivity contribution in [2.45, 2.75) is 39.7 Å². The molecule has 106 valence electrons. The molecule has 0 aromatic heterocycles. The molecule has 0 spiro atoms. The number of methoxy groups -OCH3 is 1. The lowest BCUT2D eigenvalue weighted by Crippen LogP contribution is -2.25. The second-order valence-corrected chi connectivity index (χ2v) is 5.25. The smallest absolute Gasteiger partial charge is 0.128 e. The first kappa shape index (κ1) is 15.5. The lowest BCUT2D eigenvalue weighted by Gasteiger charge is -2.23. The van der Waals surface area contributed by atoms with E-state index in [1.54, 1.807) is 14.0 Å². The normalized spacial score (nSPS) is 12.6. The maximum atomic E-state index is 8.89. The van der Waals surface area contributed by atoms with Crippen molar-refractivity contribution in [2.75, 3.05) is 13.7 Å². The first-order valence-electron chi connectivity index (χ1n) is 6.37. The van der Waals surface area contributed by atoms with Crippen LogP contribution in [0.2, 0.25) is 0 Å². The Balaban J connectivity index is 2.80. The zero-order chi connectivity index (χ0) is 14.5. The highest BCUT2D eigenvalue weighted by Crippen LogP contribution is 2.22. The third kappa shape index (κ3) is 4.56. The van der Waals surface area contributed by atoms with Gasteiger partial charge in [-0.05, 0) is 45.4 Å². The monoisotopic (exact) mass is 265 g/mol. The molecule has 0 unspecified atom stereocenters. The van der Waals surface area contributed by atoms with Crippen molar-refractivity contribution in [3.8, 4) is 5.75 Å². The second-order valence-electron chi connectivity index (χ2n) is 5.25. The fraction of sp³-hybridized carbons (Fsp3) is 0.533. The van der Waals surface area contributed by atoms with Crippen LogP contribution in [0.4, 0.5) is 0 Å². The van der Waals surface area contributed by atoms with Crippen molar-refractivity contribution < 1.29 is 14.7 Å². The van der Waals surface area contributed by atoms with Gasteiger partial charge in [0.05, 0.1) is 17.9 Å². The van der Waals surface area contributed by atoms with Gasteiger partial charge in [0, 0.05) is 19.1 Å². The maximum Gasteiger partial charge on any atom is 0.128 e. The molecule has 1 aromatic carbocycles. The van der Waals surface area contributed by atoms with Crippen LogP contribution in [0.5, 0.6) is 5.75 Å². The highest BCUT2D eigenvalue weighted by Gasteiger charge is 2.17. The molecule has 1 rings (SSSR count). The molecule has 0 radical (unpaired) electrons.